The van der Waals surface area contributed by atoms with E-state index in [1.54, 1.807) is 0 Å². The lowest BCUT2D eigenvalue weighted by Crippen LogP contribution is -3.00. The van der Waals surface area contributed by atoms with E-state index in [4.69, 9.17) is 4.74 Å². The number of nitrogens with zero attached hydrogens (tertiary/aromatic N) is 1. The van der Waals surface area contributed by atoms with Crippen molar-refractivity contribution < 1.29 is 21.7 Å². The number of rotatable bonds is 5. The molecule has 0 aliphatic heterocycles. The summed E-state index contributed by atoms with van der Waals surface area (Å²) in [7, 11) is 0. The van der Waals surface area contributed by atoms with Crippen molar-refractivity contribution in [3.63, 3.8) is 0 Å². The molecular formula is C18H20ClNO. The highest BCUT2D eigenvalue weighted by Gasteiger charge is 2.10. The molecular weight excluding hydrogens is 282 g/mol. The summed E-state index contributed by atoms with van der Waals surface area (Å²) in [4.78, 5) is 0. The van der Waals surface area contributed by atoms with Crippen LogP contribution in [0.4, 0.5) is 0 Å². The average Bonchev–Trinajstić information content (AvgIpc) is 2.51. The predicted octanol–water partition coefficient (Wildman–Crippen LogP) is 1.06. The lowest BCUT2D eigenvalue weighted by molar-refractivity contribution is -0.709. The first-order chi connectivity index (χ1) is 9.90. The van der Waals surface area contributed by atoms with E-state index in [1.165, 1.54) is 28.1 Å². The Bertz CT molecular complexity index is 727. The number of hydrogen-bond acceptors (Lipinski definition) is 1. The molecule has 0 amide bonds. The van der Waals surface area contributed by atoms with Crippen molar-refractivity contribution in [1.82, 2.24) is 0 Å². The van der Waals surface area contributed by atoms with Crippen LogP contribution in [0.2, 0.25) is 0 Å². The molecule has 3 aromatic rings. The van der Waals surface area contributed by atoms with Crippen LogP contribution in [0.15, 0.2) is 54.7 Å². The fourth-order valence-electron chi connectivity index (χ4n) is 2.56. The Labute approximate surface area is 131 Å². The molecule has 110 valence electrons. The predicted molar refractivity (Wildman–Crippen MR) is 82.5 cm³/mol. The van der Waals surface area contributed by atoms with Crippen LogP contribution < -0.4 is 17.0 Å². The molecule has 0 aliphatic rings. The first-order valence-corrected chi connectivity index (χ1v) is 7.28. The largest absolute Gasteiger partial charge is 1.00 e. The fraction of sp³-hybridized carbons (Fsp3) is 0.278. The lowest BCUT2D eigenvalue weighted by atomic mass is 10.1. The zero-order valence-corrected chi connectivity index (χ0v) is 13.0. The quantitative estimate of drug-likeness (QED) is 0.390. The molecule has 0 saturated carbocycles. The molecule has 3 heteroatoms. The Balaban J connectivity index is 0.00000161. The number of unbranched alkanes of at least 4 members (excludes halogenated alkanes) is 1. The van der Waals surface area contributed by atoms with Gasteiger partial charge in [0.1, 0.15) is 0 Å². The van der Waals surface area contributed by atoms with Gasteiger partial charge in [-0.1, -0.05) is 37.6 Å². The van der Waals surface area contributed by atoms with E-state index in [9.17, 15) is 0 Å². The van der Waals surface area contributed by atoms with E-state index in [0.29, 0.717) is 6.73 Å². The molecule has 0 fully saturated rings. The molecule has 0 aliphatic carbocycles. The van der Waals surface area contributed by atoms with Crippen molar-refractivity contribution in [2.24, 2.45) is 0 Å². The standard InChI is InChI=1S/C18H20NO.ClH/c1-2-3-13-20-14-19-12-6-9-17-16-8-5-4-7-15(16)10-11-18(17)19;/h4-12H,2-3,13-14H2,1H3;1H/q+1;/p-1. The number of halogens is 1. The maximum Gasteiger partial charge on any atom is 0.253 e. The van der Waals surface area contributed by atoms with Gasteiger partial charge in [-0.25, -0.2) is 0 Å². The Morgan fingerprint density at radius 2 is 1.76 bits per heavy atom. The molecule has 2 nitrogen and oxygen atoms in total. The van der Waals surface area contributed by atoms with Crippen LogP contribution in [-0.2, 0) is 11.5 Å². The molecule has 0 atom stereocenters. The maximum atomic E-state index is 5.74. The van der Waals surface area contributed by atoms with Gasteiger partial charge in [0, 0.05) is 12.1 Å². The van der Waals surface area contributed by atoms with Crippen molar-refractivity contribution in [2.45, 2.75) is 26.5 Å². The second-order valence-electron chi connectivity index (χ2n) is 5.09. The zero-order valence-electron chi connectivity index (χ0n) is 12.3. The number of hydrogen-bond donors (Lipinski definition) is 0. The third-order valence-corrected chi connectivity index (χ3v) is 3.66. The van der Waals surface area contributed by atoms with Gasteiger partial charge in [0.25, 0.3) is 6.73 Å². The molecule has 0 unspecified atom stereocenters. The lowest BCUT2D eigenvalue weighted by Gasteiger charge is -2.05. The summed E-state index contributed by atoms with van der Waals surface area (Å²) in [5.41, 5.74) is 1.22. The van der Waals surface area contributed by atoms with Gasteiger partial charge in [-0.3, -0.25) is 0 Å². The van der Waals surface area contributed by atoms with Gasteiger partial charge in [-0.15, -0.1) is 0 Å². The van der Waals surface area contributed by atoms with Gasteiger partial charge in [0.05, 0.1) is 12.0 Å². The van der Waals surface area contributed by atoms with E-state index in [2.05, 4.69) is 66.2 Å². The second kappa shape index (κ2) is 7.39. The molecule has 0 bridgehead atoms. The van der Waals surface area contributed by atoms with Crippen LogP contribution in [0, 0.1) is 0 Å². The topological polar surface area (TPSA) is 13.1 Å². The molecule has 0 radical (unpaired) electrons. The summed E-state index contributed by atoms with van der Waals surface area (Å²) >= 11 is 0. The van der Waals surface area contributed by atoms with Gasteiger partial charge in [-0.2, -0.15) is 4.57 Å². The van der Waals surface area contributed by atoms with Gasteiger partial charge >= 0.3 is 0 Å². The van der Waals surface area contributed by atoms with Gasteiger partial charge in [-0.05, 0) is 29.3 Å². The van der Waals surface area contributed by atoms with Crippen LogP contribution in [-0.4, -0.2) is 6.61 Å². The van der Waals surface area contributed by atoms with Crippen molar-refractivity contribution in [1.29, 1.82) is 0 Å². The third-order valence-electron chi connectivity index (χ3n) is 3.66. The van der Waals surface area contributed by atoms with E-state index in [0.717, 1.165) is 13.0 Å². The summed E-state index contributed by atoms with van der Waals surface area (Å²) in [6, 6.07) is 17.2. The number of pyridine rings is 1. The first-order valence-electron chi connectivity index (χ1n) is 7.28. The van der Waals surface area contributed by atoms with Crippen LogP contribution in [0.1, 0.15) is 19.8 Å². The summed E-state index contributed by atoms with van der Waals surface area (Å²) in [6.07, 6.45) is 4.38. The molecule has 1 heterocycles. The SMILES string of the molecule is CCCCOC[n+]1cccc2c3ccccc3ccc21.[Cl-]. The minimum atomic E-state index is 0. The van der Waals surface area contributed by atoms with Gasteiger partial charge in [0.2, 0.25) is 5.52 Å². The van der Waals surface area contributed by atoms with E-state index in [1.807, 2.05) is 0 Å². The number of ether oxygens (including phenoxy) is 1. The first kappa shape index (κ1) is 15.7. The highest BCUT2D eigenvalue weighted by Crippen LogP contribution is 2.22. The van der Waals surface area contributed by atoms with E-state index in [-0.39, 0.29) is 12.4 Å². The van der Waals surface area contributed by atoms with Gasteiger partial charge in [0.15, 0.2) is 6.20 Å². The summed E-state index contributed by atoms with van der Waals surface area (Å²) < 4.78 is 7.92. The normalized spacial score (nSPS) is 10.7. The molecule has 21 heavy (non-hydrogen) atoms. The Morgan fingerprint density at radius 1 is 0.952 bits per heavy atom. The summed E-state index contributed by atoms with van der Waals surface area (Å²) in [5.74, 6) is 0. The van der Waals surface area contributed by atoms with Crippen molar-refractivity contribution >= 4 is 21.7 Å². The molecule has 3 rings (SSSR count). The fourth-order valence-corrected chi connectivity index (χ4v) is 2.56. The molecule has 2 aromatic carbocycles. The number of aromatic nitrogens is 1. The molecule has 0 saturated heterocycles. The van der Waals surface area contributed by atoms with E-state index >= 15 is 0 Å². The van der Waals surface area contributed by atoms with Crippen molar-refractivity contribution in [2.75, 3.05) is 6.61 Å². The Morgan fingerprint density at radius 3 is 2.62 bits per heavy atom. The average molecular weight is 302 g/mol. The Hall–Kier alpha value is -1.64. The number of benzene rings is 2. The maximum absolute atomic E-state index is 5.74. The van der Waals surface area contributed by atoms with Crippen molar-refractivity contribution in [3.8, 4) is 0 Å². The van der Waals surface area contributed by atoms with E-state index < -0.39 is 0 Å². The molecule has 1 aromatic heterocycles. The highest BCUT2D eigenvalue weighted by molar-refractivity contribution is 6.04. The van der Waals surface area contributed by atoms with Crippen molar-refractivity contribution in [3.05, 3.63) is 54.7 Å². The van der Waals surface area contributed by atoms with Crippen LogP contribution in [0.3, 0.4) is 0 Å². The number of fused-ring (bicyclic) bond motifs is 3. The summed E-state index contributed by atoms with van der Waals surface area (Å²) in [5, 5.41) is 3.86. The van der Waals surface area contributed by atoms with Crippen LogP contribution in [0.25, 0.3) is 21.7 Å². The Kier molecular flexibility index (Phi) is 5.54. The molecule has 0 spiro atoms. The monoisotopic (exact) mass is 301 g/mol. The minimum Gasteiger partial charge on any atom is -1.00 e. The van der Waals surface area contributed by atoms with Crippen LogP contribution >= 0.6 is 0 Å². The third kappa shape index (κ3) is 3.34. The second-order valence-corrected chi connectivity index (χ2v) is 5.09. The zero-order chi connectivity index (χ0) is 13.8. The minimum absolute atomic E-state index is 0. The molecule has 0 N–H and O–H groups in total. The smallest absolute Gasteiger partial charge is 0.253 e. The highest BCUT2D eigenvalue weighted by atomic mass is 35.5. The van der Waals surface area contributed by atoms with Crippen LogP contribution in [0.5, 0.6) is 0 Å². The summed E-state index contributed by atoms with van der Waals surface area (Å²) in [6.45, 7) is 3.63. The van der Waals surface area contributed by atoms with Gasteiger partial charge < -0.3 is 17.1 Å².